The van der Waals surface area contributed by atoms with Crippen LogP contribution in [0.1, 0.15) is 26.2 Å². The second-order valence-electron chi connectivity index (χ2n) is 3.25. The van der Waals surface area contributed by atoms with Crippen molar-refractivity contribution < 1.29 is 13.6 Å². The van der Waals surface area contributed by atoms with Crippen molar-refractivity contribution >= 4 is 11.6 Å². The lowest BCUT2D eigenvalue weighted by molar-refractivity contribution is -0.116. The maximum Gasteiger partial charge on any atom is 0.224 e. The van der Waals surface area contributed by atoms with Gasteiger partial charge < -0.3 is 5.32 Å². The van der Waals surface area contributed by atoms with Crippen molar-refractivity contribution in [3.63, 3.8) is 0 Å². The van der Waals surface area contributed by atoms with Crippen LogP contribution in [0.4, 0.5) is 14.5 Å². The molecule has 15 heavy (non-hydrogen) atoms. The zero-order valence-electron chi connectivity index (χ0n) is 8.52. The molecule has 1 aromatic carbocycles. The second kappa shape index (κ2) is 5.44. The van der Waals surface area contributed by atoms with E-state index in [1.807, 2.05) is 6.92 Å². The summed E-state index contributed by atoms with van der Waals surface area (Å²) >= 11 is 0. The second-order valence-corrected chi connectivity index (χ2v) is 3.25. The molecule has 0 aromatic heterocycles. The van der Waals surface area contributed by atoms with Crippen LogP contribution < -0.4 is 5.32 Å². The Bertz CT molecular complexity index is 332. The van der Waals surface area contributed by atoms with E-state index in [4.69, 9.17) is 0 Å². The van der Waals surface area contributed by atoms with Gasteiger partial charge in [-0.1, -0.05) is 19.4 Å². The molecule has 0 spiro atoms. The van der Waals surface area contributed by atoms with Gasteiger partial charge in [0.05, 0.1) is 0 Å². The third-order valence-corrected chi connectivity index (χ3v) is 1.98. The molecule has 0 fully saturated rings. The van der Waals surface area contributed by atoms with Crippen LogP contribution in [0.5, 0.6) is 0 Å². The van der Waals surface area contributed by atoms with Gasteiger partial charge in [-0.25, -0.2) is 8.78 Å². The van der Waals surface area contributed by atoms with E-state index in [1.54, 1.807) is 0 Å². The minimum atomic E-state index is -0.750. The number of carbonyl (C=O) groups excluding carboxylic acids is 1. The van der Waals surface area contributed by atoms with Crippen LogP contribution in [-0.4, -0.2) is 5.91 Å². The summed E-state index contributed by atoms with van der Waals surface area (Å²) in [4.78, 5) is 11.2. The highest BCUT2D eigenvalue weighted by atomic mass is 19.1. The van der Waals surface area contributed by atoms with Gasteiger partial charge in [-0.2, -0.15) is 0 Å². The van der Waals surface area contributed by atoms with E-state index in [0.29, 0.717) is 6.42 Å². The van der Waals surface area contributed by atoms with Crippen molar-refractivity contribution in [2.75, 3.05) is 5.32 Å². The Kier molecular flexibility index (Phi) is 4.21. The van der Waals surface area contributed by atoms with Crippen LogP contribution in [0.25, 0.3) is 0 Å². The average molecular weight is 213 g/mol. The molecule has 0 heterocycles. The minimum absolute atomic E-state index is 0.282. The first-order valence-electron chi connectivity index (χ1n) is 4.89. The van der Waals surface area contributed by atoms with Crippen LogP contribution in [0.2, 0.25) is 0 Å². The number of amides is 1. The molecule has 1 N–H and O–H groups in total. The summed E-state index contributed by atoms with van der Waals surface area (Å²) in [6.45, 7) is 1.94. The Balaban J connectivity index is 2.68. The van der Waals surface area contributed by atoms with Crippen LogP contribution in [-0.2, 0) is 4.79 Å². The molecule has 0 saturated carbocycles. The molecule has 1 rings (SSSR count). The molecule has 4 heteroatoms. The molecule has 0 saturated heterocycles. The Morgan fingerprint density at radius 3 is 2.47 bits per heavy atom. The number of hydrogen-bond donors (Lipinski definition) is 1. The number of unbranched alkanes of at least 4 members (excludes halogenated alkanes) is 1. The van der Waals surface area contributed by atoms with Crippen LogP contribution in [0, 0.1) is 11.6 Å². The molecule has 0 aliphatic rings. The molecule has 0 aliphatic carbocycles. The van der Waals surface area contributed by atoms with Crippen molar-refractivity contribution in [1.29, 1.82) is 0 Å². The van der Waals surface area contributed by atoms with Gasteiger partial charge in [-0.15, -0.1) is 0 Å². The summed E-state index contributed by atoms with van der Waals surface area (Å²) < 4.78 is 26.2. The lowest BCUT2D eigenvalue weighted by Gasteiger charge is -2.06. The number of nitrogens with one attached hydrogen (secondary N) is 1. The SMILES string of the molecule is CCCCC(=O)Nc1c(F)cccc1F. The largest absolute Gasteiger partial charge is 0.321 e. The third-order valence-electron chi connectivity index (χ3n) is 1.98. The first-order chi connectivity index (χ1) is 7.15. The molecule has 1 aromatic rings. The van der Waals surface area contributed by atoms with Gasteiger partial charge in [0.1, 0.15) is 17.3 Å². The van der Waals surface area contributed by atoms with E-state index < -0.39 is 11.6 Å². The fourth-order valence-corrected chi connectivity index (χ4v) is 1.16. The van der Waals surface area contributed by atoms with Gasteiger partial charge in [0, 0.05) is 6.42 Å². The summed E-state index contributed by atoms with van der Waals surface area (Å²) in [6, 6.07) is 3.48. The van der Waals surface area contributed by atoms with Crippen LogP contribution in [0.15, 0.2) is 18.2 Å². The van der Waals surface area contributed by atoms with Crippen molar-refractivity contribution in [3.05, 3.63) is 29.8 Å². The summed E-state index contributed by atoms with van der Waals surface area (Å²) in [6.07, 6.45) is 1.86. The molecular weight excluding hydrogens is 200 g/mol. The van der Waals surface area contributed by atoms with Gasteiger partial charge in [0.15, 0.2) is 0 Å². The minimum Gasteiger partial charge on any atom is -0.321 e. The average Bonchev–Trinajstić information content (AvgIpc) is 2.21. The first-order valence-corrected chi connectivity index (χ1v) is 4.89. The summed E-state index contributed by atoms with van der Waals surface area (Å²) in [7, 11) is 0. The maximum atomic E-state index is 13.1. The van der Waals surface area contributed by atoms with Gasteiger partial charge >= 0.3 is 0 Å². The van der Waals surface area contributed by atoms with E-state index in [2.05, 4.69) is 5.32 Å². The lowest BCUT2D eigenvalue weighted by atomic mass is 10.2. The number of rotatable bonds is 4. The maximum absolute atomic E-state index is 13.1. The molecule has 2 nitrogen and oxygen atoms in total. The van der Waals surface area contributed by atoms with Crippen molar-refractivity contribution in [1.82, 2.24) is 0 Å². The molecule has 82 valence electrons. The normalized spacial score (nSPS) is 10.1. The van der Waals surface area contributed by atoms with Crippen molar-refractivity contribution in [2.24, 2.45) is 0 Å². The van der Waals surface area contributed by atoms with Gasteiger partial charge in [0.25, 0.3) is 0 Å². The van der Waals surface area contributed by atoms with Gasteiger partial charge in [-0.3, -0.25) is 4.79 Å². The first kappa shape index (κ1) is 11.6. The zero-order chi connectivity index (χ0) is 11.3. The molecule has 1 amide bonds. The van der Waals surface area contributed by atoms with Gasteiger partial charge in [-0.05, 0) is 18.6 Å². The van der Waals surface area contributed by atoms with E-state index >= 15 is 0 Å². The predicted molar refractivity (Wildman–Crippen MR) is 54.5 cm³/mol. The quantitative estimate of drug-likeness (QED) is 0.818. The summed E-state index contributed by atoms with van der Waals surface area (Å²) in [5.74, 6) is -1.86. The third kappa shape index (κ3) is 3.31. The van der Waals surface area contributed by atoms with Gasteiger partial charge in [0.2, 0.25) is 5.91 Å². The highest BCUT2D eigenvalue weighted by Gasteiger charge is 2.10. The number of carbonyl (C=O) groups is 1. The van der Waals surface area contributed by atoms with Crippen LogP contribution in [0.3, 0.4) is 0 Å². The number of hydrogen-bond acceptors (Lipinski definition) is 1. The van der Waals surface area contributed by atoms with Crippen molar-refractivity contribution in [2.45, 2.75) is 26.2 Å². The van der Waals surface area contributed by atoms with E-state index in [0.717, 1.165) is 18.6 Å². The lowest BCUT2D eigenvalue weighted by Crippen LogP contribution is -2.13. The van der Waals surface area contributed by atoms with E-state index in [1.165, 1.54) is 6.07 Å². The summed E-state index contributed by atoms with van der Waals surface area (Å²) in [5.41, 5.74) is -0.362. The Hall–Kier alpha value is -1.45. The standard InChI is InChI=1S/C11H13F2NO/c1-2-3-7-10(15)14-11-8(12)5-4-6-9(11)13/h4-6H,2-3,7H2,1H3,(H,14,15). The number of para-hydroxylation sites is 1. The monoisotopic (exact) mass is 213 g/mol. The van der Waals surface area contributed by atoms with Crippen molar-refractivity contribution in [3.8, 4) is 0 Å². The van der Waals surface area contributed by atoms with E-state index in [-0.39, 0.29) is 18.0 Å². The fourth-order valence-electron chi connectivity index (χ4n) is 1.16. The number of halogens is 2. The van der Waals surface area contributed by atoms with Crippen LogP contribution >= 0.6 is 0 Å². The Morgan fingerprint density at radius 2 is 1.93 bits per heavy atom. The Morgan fingerprint density at radius 1 is 1.33 bits per heavy atom. The summed E-state index contributed by atoms with van der Waals surface area (Å²) in [5, 5.41) is 2.22. The predicted octanol–water partition coefficient (Wildman–Crippen LogP) is 3.09. The van der Waals surface area contributed by atoms with E-state index in [9.17, 15) is 13.6 Å². The fraction of sp³-hybridized carbons (Fsp3) is 0.364. The molecular formula is C11H13F2NO. The molecule has 0 radical (unpaired) electrons. The zero-order valence-corrected chi connectivity index (χ0v) is 8.52. The molecule has 0 bridgehead atoms. The highest BCUT2D eigenvalue weighted by Crippen LogP contribution is 2.18. The smallest absolute Gasteiger partial charge is 0.224 e. The molecule has 0 unspecified atom stereocenters. The Labute approximate surface area is 87.3 Å². The highest BCUT2D eigenvalue weighted by molar-refractivity contribution is 5.90. The molecule has 0 aliphatic heterocycles. The molecule has 0 atom stereocenters. The topological polar surface area (TPSA) is 29.1 Å². The number of benzene rings is 1. The number of anilines is 1.